The highest BCUT2D eigenvalue weighted by Gasteiger charge is 2.18. The van der Waals surface area contributed by atoms with Gasteiger partial charge in [0.05, 0.1) is 6.10 Å². The van der Waals surface area contributed by atoms with E-state index in [1.807, 2.05) is 32.2 Å². The van der Waals surface area contributed by atoms with Crippen molar-refractivity contribution in [3.05, 3.63) is 23.9 Å². The molecular weight excluding hydrogens is 316 g/mol. The van der Waals surface area contributed by atoms with Crippen LogP contribution in [0.5, 0.6) is 0 Å². The number of anilines is 1. The minimum absolute atomic E-state index is 0.0399. The molecule has 1 aromatic rings. The molecule has 25 heavy (non-hydrogen) atoms. The van der Waals surface area contributed by atoms with Gasteiger partial charge in [0.2, 0.25) is 0 Å². The van der Waals surface area contributed by atoms with Crippen molar-refractivity contribution in [1.82, 2.24) is 15.2 Å². The molecule has 0 saturated carbocycles. The first-order chi connectivity index (χ1) is 12.0. The van der Waals surface area contributed by atoms with E-state index in [-0.39, 0.29) is 12.1 Å². The zero-order valence-corrected chi connectivity index (χ0v) is 15.7. The van der Waals surface area contributed by atoms with Gasteiger partial charge in [-0.15, -0.1) is 0 Å². The fourth-order valence-electron chi connectivity index (χ4n) is 3.10. The number of hydrogen-bond donors (Lipinski definition) is 2. The summed E-state index contributed by atoms with van der Waals surface area (Å²) in [7, 11) is 0. The average molecular weight is 348 g/mol. The number of amides is 2. The fourth-order valence-corrected chi connectivity index (χ4v) is 3.10. The summed E-state index contributed by atoms with van der Waals surface area (Å²) in [6.07, 6.45) is 6.37. The number of aliphatic hydroxyl groups excluding tert-OH is 1. The summed E-state index contributed by atoms with van der Waals surface area (Å²) < 4.78 is 0. The second-order valence-electron chi connectivity index (χ2n) is 7.18. The van der Waals surface area contributed by atoms with E-state index in [0.29, 0.717) is 13.1 Å². The van der Waals surface area contributed by atoms with Gasteiger partial charge in [-0.2, -0.15) is 0 Å². The molecule has 1 aliphatic heterocycles. The lowest BCUT2D eigenvalue weighted by Gasteiger charge is -2.28. The Bertz CT molecular complexity index is 523. The minimum atomic E-state index is -0.539. The molecule has 0 bridgehead atoms. The summed E-state index contributed by atoms with van der Waals surface area (Å²) in [4.78, 5) is 20.9. The molecule has 1 saturated heterocycles. The van der Waals surface area contributed by atoms with E-state index in [0.717, 1.165) is 24.5 Å². The van der Waals surface area contributed by atoms with E-state index in [2.05, 4.69) is 15.2 Å². The SMILES string of the molecule is CC(O)CN(C(=O)NCc1ccc(N2CCCCCC2)nc1)C(C)C. The molecule has 0 aromatic carbocycles. The smallest absolute Gasteiger partial charge is 0.317 e. The summed E-state index contributed by atoms with van der Waals surface area (Å²) in [5.41, 5.74) is 0.979. The average Bonchev–Trinajstić information content (AvgIpc) is 2.87. The highest BCUT2D eigenvalue weighted by Crippen LogP contribution is 2.17. The van der Waals surface area contributed by atoms with E-state index in [9.17, 15) is 9.90 Å². The molecule has 1 aromatic heterocycles. The van der Waals surface area contributed by atoms with Crippen LogP contribution in [0.15, 0.2) is 18.3 Å². The monoisotopic (exact) mass is 348 g/mol. The first-order valence-corrected chi connectivity index (χ1v) is 9.39. The van der Waals surface area contributed by atoms with Gasteiger partial charge in [-0.1, -0.05) is 18.9 Å². The predicted octanol–water partition coefficient (Wildman–Crippen LogP) is 2.76. The van der Waals surface area contributed by atoms with Crippen LogP contribution in [0.1, 0.15) is 52.0 Å². The molecular formula is C19H32N4O2. The molecule has 1 atom stereocenters. The second-order valence-corrected chi connectivity index (χ2v) is 7.18. The van der Waals surface area contributed by atoms with Crippen molar-refractivity contribution in [2.75, 3.05) is 24.5 Å². The molecule has 6 nitrogen and oxygen atoms in total. The van der Waals surface area contributed by atoms with Crippen molar-refractivity contribution in [3.8, 4) is 0 Å². The Morgan fingerprint density at radius 2 is 1.92 bits per heavy atom. The number of pyridine rings is 1. The normalized spacial score (nSPS) is 16.4. The Labute approximate surface area is 151 Å². The van der Waals surface area contributed by atoms with Gasteiger partial charge in [0, 0.05) is 38.4 Å². The lowest BCUT2D eigenvalue weighted by molar-refractivity contribution is 0.118. The Balaban J connectivity index is 1.88. The van der Waals surface area contributed by atoms with Crippen LogP contribution in [0.3, 0.4) is 0 Å². The van der Waals surface area contributed by atoms with Crippen LogP contribution in [0.25, 0.3) is 0 Å². The van der Waals surface area contributed by atoms with Crippen molar-refractivity contribution in [2.45, 2.75) is 65.1 Å². The Kier molecular flexibility index (Phi) is 7.50. The van der Waals surface area contributed by atoms with Crippen molar-refractivity contribution in [2.24, 2.45) is 0 Å². The van der Waals surface area contributed by atoms with Gasteiger partial charge in [-0.25, -0.2) is 9.78 Å². The van der Waals surface area contributed by atoms with E-state index in [4.69, 9.17) is 0 Å². The first kappa shape index (κ1) is 19.5. The number of aliphatic hydroxyl groups is 1. The quantitative estimate of drug-likeness (QED) is 0.829. The molecule has 0 aliphatic carbocycles. The molecule has 0 spiro atoms. The Hall–Kier alpha value is -1.82. The summed E-state index contributed by atoms with van der Waals surface area (Å²) in [5, 5.41) is 12.5. The van der Waals surface area contributed by atoms with Crippen LogP contribution >= 0.6 is 0 Å². The number of carbonyl (C=O) groups is 1. The van der Waals surface area contributed by atoms with Crippen LogP contribution < -0.4 is 10.2 Å². The number of carbonyl (C=O) groups excluding carboxylic acids is 1. The van der Waals surface area contributed by atoms with Crippen molar-refractivity contribution in [1.29, 1.82) is 0 Å². The number of nitrogens with zero attached hydrogens (tertiary/aromatic N) is 3. The third kappa shape index (κ3) is 6.20. The molecule has 1 unspecified atom stereocenters. The van der Waals surface area contributed by atoms with E-state index >= 15 is 0 Å². The molecule has 2 rings (SSSR count). The maximum Gasteiger partial charge on any atom is 0.317 e. The van der Waals surface area contributed by atoms with Gasteiger partial charge >= 0.3 is 6.03 Å². The summed E-state index contributed by atoms with van der Waals surface area (Å²) >= 11 is 0. The van der Waals surface area contributed by atoms with E-state index in [1.54, 1.807) is 11.8 Å². The van der Waals surface area contributed by atoms with Crippen LogP contribution in [0, 0.1) is 0 Å². The van der Waals surface area contributed by atoms with Gasteiger partial charge in [0.25, 0.3) is 0 Å². The number of rotatable bonds is 6. The minimum Gasteiger partial charge on any atom is -0.392 e. The maximum atomic E-state index is 12.3. The lowest BCUT2D eigenvalue weighted by Crippen LogP contribution is -2.46. The highest BCUT2D eigenvalue weighted by molar-refractivity contribution is 5.74. The Morgan fingerprint density at radius 3 is 2.44 bits per heavy atom. The summed E-state index contributed by atoms with van der Waals surface area (Å²) in [6, 6.07) is 3.95. The summed E-state index contributed by atoms with van der Waals surface area (Å²) in [5.74, 6) is 1.02. The first-order valence-electron chi connectivity index (χ1n) is 9.39. The number of aromatic nitrogens is 1. The van der Waals surface area contributed by atoms with Gasteiger partial charge in [-0.05, 0) is 45.2 Å². The topological polar surface area (TPSA) is 68.7 Å². The van der Waals surface area contributed by atoms with Crippen molar-refractivity contribution < 1.29 is 9.90 Å². The molecule has 140 valence electrons. The largest absolute Gasteiger partial charge is 0.392 e. The fraction of sp³-hybridized carbons (Fsp3) is 0.684. The summed E-state index contributed by atoms with van der Waals surface area (Å²) in [6.45, 7) is 8.50. The van der Waals surface area contributed by atoms with Gasteiger partial charge in [0.1, 0.15) is 5.82 Å². The van der Waals surface area contributed by atoms with Crippen LogP contribution in [-0.4, -0.2) is 52.8 Å². The Morgan fingerprint density at radius 1 is 1.24 bits per heavy atom. The standard InChI is InChI=1S/C19H32N4O2/c1-15(2)23(14-16(3)24)19(25)21-13-17-8-9-18(20-12-17)22-10-6-4-5-7-11-22/h8-9,12,15-16,24H,4-7,10-11,13-14H2,1-3H3,(H,21,25). The highest BCUT2D eigenvalue weighted by atomic mass is 16.3. The van der Waals surface area contributed by atoms with Crippen LogP contribution in [-0.2, 0) is 6.54 Å². The van der Waals surface area contributed by atoms with Crippen LogP contribution in [0.2, 0.25) is 0 Å². The van der Waals surface area contributed by atoms with Crippen molar-refractivity contribution in [3.63, 3.8) is 0 Å². The van der Waals surface area contributed by atoms with Gasteiger partial charge in [-0.3, -0.25) is 0 Å². The molecule has 0 radical (unpaired) electrons. The molecule has 1 fully saturated rings. The molecule has 6 heteroatoms. The number of hydrogen-bond acceptors (Lipinski definition) is 4. The van der Waals surface area contributed by atoms with Gasteiger partial charge in [0.15, 0.2) is 0 Å². The van der Waals surface area contributed by atoms with Crippen molar-refractivity contribution >= 4 is 11.8 Å². The van der Waals surface area contributed by atoms with E-state index in [1.165, 1.54) is 25.7 Å². The zero-order chi connectivity index (χ0) is 18.2. The zero-order valence-electron chi connectivity index (χ0n) is 15.7. The van der Waals surface area contributed by atoms with Crippen LogP contribution in [0.4, 0.5) is 10.6 Å². The third-order valence-electron chi connectivity index (χ3n) is 4.53. The maximum absolute atomic E-state index is 12.3. The predicted molar refractivity (Wildman–Crippen MR) is 101 cm³/mol. The second kappa shape index (κ2) is 9.61. The molecule has 2 N–H and O–H groups in total. The van der Waals surface area contributed by atoms with Gasteiger partial charge < -0.3 is 20.2 Å². The number of nitrogens with one attached hydrogen (secondary N) is 1. The third-order valence-corrected chi connectivity index (χ3v) is 4.53. The molecule has 1 aliphatic rings. The van der Waals surface area contributed by atoms with E-state index < -0.39 is 6.10 Å². The molecule has 2 heterocycles. The number of urea groups is 1. The lowest BCUT2D eigenvalue weighted by atomic mass is 10.2. The molecule has 2 amide bonds.